The fourth-order valence-electron chi connectivity index (χ4n) is 1.12. The van der Waals surface area contributed by atoms with Crippen molar-refractivity contribution < 1.29 is 14.7 Å². The van der Waals surface area contributed by atoms with Crippen molar-refractivity contribution >= 4 is 12.0 Å². The lowest BCUT2D eigenvalue weighted by molar-refractivity contribution is -0.137. The van der Waals surface area contributed by atoms with Crippen molar-refractivity contribution in [1.29, 1.82) is 0 Å². The fraction of sp³-hybridized carbons (Fsp3) is 0.800. The van der Waals surface area contributed by atoms with Crippen molar-refractivity contribution in [2.24, 2.45) is 0 Å². The van der Waals surface area contributed by atoms with E-state index in [1.54, 1.807) is 0 Å². The number of rotatable bonds is 7. The summed E-state index contributed by atoms with van der Waals surface area (Å²) in [5, 5.41) is 11.2. The Bertz CT molecular complexity index is 207. The van der Waals surface area contributed by atoms with Crippen molar-refractivity contribution in [3.05, 3.63) is 0 Å². The summed E-state index contributed by atoms with van der Waals surface area (Å²) in [6.45, 7) is 5.34. The summed E-state index contributed by atoms with van der Waals surface area (Å²) in [6.07, 6.45) is 1.97. The lowest BCUT2D eigenvalue weighted by Crippen LogP contribution is -2.41. The molecule has 0 saturated heterocycles. The molecule has 88 valence electrons. The average Bonchev–Trinajstić information content (AvgIpc) is 2.18. The zero-order valence-corrected chi connectivity index (χ0v) is 9.45. The number of carboxylic acid groups (broad SMARTS) is 1. The van der Waals surface area contributed by atoms with E-state index in [2.05, 4.69) is 5.32 Å². The zero-order valence-electron chi connectivity index (χ0n) is 9.45. The van der Waals surface area contributed by atoms with Crippen LogP contribution in [0.5, 0.6) is 0 Å². The molecule has 0 radical (unpaired) electrons. The Labute approximate surface area is 90.5 Å². The van der Waals surface area contributed by atoms with Crippen LogP contribution in [0.3, 0.4) is 0 Å². The standard InChI is InChI=1S/C10H20N2O3/c1-3-5-7-11-10(15)12(4-2)8-6-9(13)14/h3-8H2,1-2H3,(H,11,15)(H,13,14). The van der Waals surface area contributed by atoms with Crippen LogP contribution in [0.15, 0.2) is 0 Å². The van der Waals surface area contributed by atoms with Gasteiger partial charge in [0.05, 0.1) is 6.42 Å². The van der Waals surface area contributed by atoms with Crippen LogP contribution in [0.1, 0.15) is 33.1 Å². The van der Waals surface area contributed by atoms with E-state index >= 15 is 0 Å². The molecule has 0 aliphatic heterocycles. The molecular formula is C10H20N2O3. The highest BCUT2D eigenvalue weighted by Gasteiger charge is 2.11. The monoisotopic (exact) mass is 216 g/mol. The van der Waals surface area contributed by atoms with Crippen molar-refractivity contribution in [3.8, 4) is 0 Å². The molecule has 0 heterocycles. The predicted molar refractivity (Wildman–Crippen MR) is 57.8 cm³/mol. The third-order valence-electron chi connectivity index (χ3n) is 2.07. The molecule has 0 rings (SSSR count). The number of carboxylic acids is 1. The molecule has 0 aromatic rings. The van der Waals surface area contributed by atoms with E-state index in [0.29, 0.717) is 13.1 Å². The zero-order chi connectivity index (χ0) is 11.7. The van der Waals surface area contributed by atoms with Crippen LogP contribution in [-0.2, 0) is 4.79 Å². The number of amides is 2. The second-order valence-electron chi connectivity index (χ2n) is 3.31. The van der Waals surface area contributed by atoms with Gasteiger partial charge in [-0.05, 0) is 13.3 Å². The predicted octanol–water partition coefficient (Wildman–Crippen LogP) is 1.29. The van der Waals surface area contributed by atoms with E-state index in [1.165, 1.54) is 4.90 Å². The summed E-state index contributed by atoms with van der Waals surface area (Å²) in [7, 11) is 0. The van der Waals surface area contributed by atoms with Gasteiger partial charge in [-0.1, -0.05) is 13.3 Å². The Kier molecular flexibility index (Phi) is 7.40. The maximum absolute atomic E-state index is 11.5. The summed E-state index contributed by atoms with van der Waals surface area (Å²) in [6, 6.07) is -0.174. The van der Waals surface area contributed by atoms with E-state index in [0.717, 1.165) is 12.8 Å². The molecule has 5 heteroatoms. The van der Waals surface area contributed by atoms with Crippen molar-refractivity contribution in [2.45, 2.75) is 33.1 Å². The maximum atomic E-state index is 11.5. The Morgan fingerprint density at radius 2 is 2.00 bits per heavy atom. The highest BCUT2D eigenvalue weighted by Crippen LogP contribution is 1.93. The van der Waals surface area contributed by atoms with Crippen LogP contribution in [0.4, 0.5) is 4.79 Å². The van der Waals surface area contributed by atoms with Crippen molar-refractivity contribution in [2.75, 3.05) is 19.6 Å². The smallest absolute Gasteiger partial charge is 0.317 e. The molecule has 0 saturated carbocycles. The molecule has 0 atom stereocenters. The van der Waals surface area contributed by atoms with Gasteiger partial charge in [-0.3, -0.25) is 4.79 Å². The van der Waals surface area contributed by atoms with E-state index in [1.807, 2.05) is 13.8 Å². The van der Waals surface area contributed by atoms with Gasteiger partial charge in [0, 0.05) is 19.6 Å². The van der Waals surface area contributed by atoms with Gasteiger partial charge in [-0.15, -0.1) is 0 Å². The van der Waals surface area contributed by atoms with E-state index in [4.69, 9.17) is 5.11 Å². The topological polar surface area (TPSA) is 69.6 Å². The number of hydrogen-bond donors (Lipinski definition) is 2. The highest BCUT2D eigenvalue weighted by atomic mass is 16.4. The van der Waals surface area contributed by atoms with E-state index < -0.39 is 5.97 Å². The van der Waals surface area contributed by atoms with Gasteiger partial charge >= 0.3 is 12.0 Å². The molecule has 2 N–H and O–H groups in total. The van der Waals surface area contributed by atoms with Gasteiger partial charge in [0.25, 0.3) is 0 Å². The Morgan fingerprint density at radius 1 is 1.33 bits per heavy atom. The number of nitrogens with zero attached hydrogens (tertiary/aromatic N) is 1. The summed E-state index contributed by atoms with van der Waals surface area (Å²) in [4.78, 5) is 23.3. The molecule has 0 aromatic heterocycles. The number of hydrogen-bond acceptors (Lipinski definition) is 2. The van der Waals surface area contributed by atoms with Gasteiger partial charge in [0.15, 0.2) is 0 Å². The minimum absolute atomic E-state index is 0.00492. The lowest BCUT2D eigenvalue weighted by atomic mass is 10.3. The molecule has 0 spiro atoms. The quantitative estimate of drug-likeness (QED) is 0.630. The van der Waals surface area contributed by atoms with Crippen LogP contribution >= 0.6 is 0 Å². The van der Waals surface area contributed by atoms with E-state index in [-0.39, 0.29) is 19.0 Å². The Morgan fingerprint density at radius 3 is 2.47 bits per heavy atom. The number of unbranched alkanes of at least 4 members (excludes halogenated alkanes) is 1. The van der Waals surface area contributed by atoms with Crippen LogP contribution in [-0.4, -0.2) is 41.6 Å². The van der Waals surface area contributed by atoms with Crippen LogP contribution in [0.25, 0.3) is 0 Å². The van der Waals surface area contributed by atoms with Gasteiger partial charge in [-0.2, -0.15) is 0 Å². The number of carbonyl (C=O) groups is 2. The van der Waals surface area contributed by atoms with Gasteiger partial charge in [-0.25, -0.2) is 4.79 Å². The molecule has 0 fully saturated rings. The molecule has 15 heavy (non-hydrogen) atoms. The van der Waals surface area contributed by atoms with Crippen LogP contribution in [0.2, 0.25) is 0 Å². The SMILES string of the molecule is CCCCNC(=O)N(CC)CCC(=O)O. The Hall–Kier alpha value is -1.26. The largest absolute Gasteiger partial charge is 0.481 e. The number of aliphatic carboxylic acids is 1. The molecule has 5 nitrogen and oxygen atoms in total. The summed E-state index contributed by atoms with van der Waals surface area (Å²) in [5.41, 5.74) is 0. The first-order chi connectivity index (χ1) is 7.11. The molecule has 0 aliphatic rings. The van der Waals surface area contributed by atoms with Crippen LogP contribution in [0, 0.1) is 0 Å². The summed E-state index contributed by atoms with van der Waals surface area (Å²) >= 11 is 0. The molecular weight excluding hydrogens is 196 g/mol. The molecule has 0 aliphatic carbocycles. The average molecular weight is 216 g/mol. The second kappa shape index (κ2) is 8.08. The maximum Gasteiger partial charge on any atom is 0.317 e. The van der Waals surface area contributed by atoms with Crippen LogP contribution < -0.4 is 5.32 Å². The summed E-state index contributed by atoms with van der Waals surface area (Å²) in [5.74, 6) is -0.880. The third kappa shape index (κ3) is 6.76. The molecule has 0 unspecified atom stereocenters. The normalized spacial score (nSPS) is 9.73. The minimum atomic E-state index is -0.880. The van der Waals surface area contributed by atoms with Crippen molar-refractivity contribution in [1.82, 2.24) is 10.2 Å². The lowest BCUT2D eigenvalue weighted by Gasteiger charge is -2.20. The Balaban J connectivity index is 3.82. The number of carbonyl (C=O) groups excluding carboxylic acids is 1. The minimum Gasteiger partial charge on any atom is -0.481 e. The van der Waals surface area contributed by atoms with Gasteiger partial charge in [0.2, 0.25) is 0 Å². The van der Waals surface area contributed by atoms with E-state index in [9.17, 15) is 9.59 Å². The first kappa shape index (κ1) is 13.7. The highest BCUT2D eigenvalue weighted by molar-refractivity contribution is 5.75. The van der Waals surface area contributed by atoms with Gasteiger partial charge in [0.1, 0.15) is 0 Å². The number of urea groups is 1. The summed E-state index contributed by atoms with van der Waals surface area (Å²) < 4.78 is 0. The van der Waals surface area contributed by atoms with Gasteiger partial charge < -0.3 is 15.3 Å². The number of nitrogens with one attached hydrogen (secondary N) is 1. The molecule has 0 bridgehead atoms. The third-order valence-corrected chi connectivity index (χ3v) is 2.07. The second-order valence-corrected chi connectivity index (χ2v) is 3.31. The fourth-order valence-corrected chi connectivity index (χ4v) is 1.12. The van der Waals surface area contributed by atoms with Crippen molar-refractivity contribution in [3.63, 3.8) is 0 Å². The first-order valence-electron chi connectivity index (χ1n) is 5.36. The molecule has 0 aromatic carbocycles. The first-order valence-corrected chi connectivity index (χ1v) is 5.36. The molecule has 2 amide bonds.